The van der Waals surface area contributed by atoms with Gasteiger partial charge in [-0.3, -0.25) is 4.79 Å². The zero-order chi connectivity index (χ0) is 18.4. The standard InChI is InChI=1S/C17H26N2O5S.ClH/c1-12-14(5-4-9-18-12)19-17(20)8-10-25(21,22)13-6-7-15(23-2)16(11-13)24-3;/h6-7,11-12,14,18H,4-5,8-10H2,1-3H3,(H,19,20);1H. The quantitative estimate of drug-likeness (QED) is 0.713. The minimum atomic E-state index is -3.58. The van der Waals surface area contributed by atoms with Gasteiger partial charge < -0.3 is 20.1 Å². The van der Waals surface area contributed by atoms with Crippen molar-refractivity contribution in [3.8, 4) is 11.5 Å². The van der Waals surface area contributed by atoms with Crippen molar-refractivity contribution in [2.75, 3.05) is 26.5 Å². The average molecular weight is 407 g/mol. The smallest absolute Gasteiger partial charge is 0.221 e. The zero-order valence-electron chi connectivity index (χ0n) is 15.3. The molecule has 1 fully saturated rings. The Hall–Kier alpha value is -1.51. The Labute approximate surface area is 161 Å². The minimum absolute atomic E-state index is 0. The third-order valence-corrected chi connectivity index (χ3v) is 6.13. The number of amides is 1. The number of benzene rings is 1. The Morgan fingerprint density at radius 2 is 1.96 bits per heavy atom. The third kappa shape index (κ3) is 5.75. The van der Waals surface area contributed by atoms with Crippen molar-refractivity contribution in [1.82, 2.24) is 10.6 Å². The van der Waals surface area contributed by atoms with Crippen LogP contribution in [0, 0.1) is 0 Å². The van der Waals surface area contributed by atoms with Gasteiger partial charge in [-0.1, -0.05) is 0 Å². The Bertz CT molecular complexity index is 711. The Kier molecular flexibility index (Phi) is 8.66. The van der Waals surface area contributed by atoms with Crippen molar-refractivity contribution < 1.29 is 22.7 Å². The summed E-state index contributed by atoms with van der Waals surface area (Å²) >= 11 is 0. The van der Waals surface area contributed by atoms with Gasteiger partial charge >= 0.3 is 0 Å². The number of nitrogens with one attached hydrogen (secondary N) is 2. The highest BCUT2D eigenvalue weighted by Crippen LogP contribution is 2.29. The molecule has 0 saturated carbocycles. The molecule has 0 bridgehead atoms. The molecule has 1 aromatic carbocycles. The van der Waals surface area contributed by atoms with E-state index in [-0.39, 0.29) is 47.5 Å². The highest BCUT2D eigenvalue weighted by molar-refractivity contribution is 7.91. The number of carbonyl (C=O) groups excluding carboxylic acids is 1. The first kappa shape index (κ1) is 22.5. The molecule has 148 valence electrons. The highest BCUT2D eigenvalue weighted by atomic mass is 35.5. The molecule has 0 spiro atoms. The maximum Gasteiger partial charge on any atom is 0.221 e. The van der Waals surface area contributed by atoms with Gasteiger partial charge in [-0.15, -0.1) is 12.4 Å². The molecule has 2 unspecified atom stereocenters. The normalized spacial score (nSPS) is 20.0. The second-order valence-corrected chi connectivity index (χ2v) is 8.25. The first-order chi connectivity index (χ1) is 11.9. The van der Waals surface area contributed by atoms with Crippen LogP contribution in [0.3, 0.4) is 0 Å². The monoisotopic (exact) mass is 406 g/mol. The fraction of sp³-hybridized carbons (Fsp3) is 0.588. The van der Waals surface area contributed by atoms with E-state index in [1.165, 1.54) is 26.4 Å². The highest BCUT2D eigenvalue weighted by Gasteiger charge is 2.24. The first-order valence-electron chi connectivity index (χ1n) is 8.35. The number of sulfone groups is 1. The van der Waals surface area contributed by atoms with Crippen molar-refractivity contribution in [3.05, 3.63) is 18.2 Å². The maximum absolute atomic E-state index is 12.5. The molecular formula is C17H27ClN2O5S. The lowest BCUT2D eigenvalue weighted by atomic mass is 10.00. The molecular weight excluding hydrogens is 380 g/mol. The van der Waals surface area contributed by atoms with E-state index >= 15 is 0 Å². The van der Waals surface area contributed by atoms with Gasteiger partial charge in [0.25, 0.3) is 0 Å². The topological polar surface area (TPSA) is 93.7 Å². The molecule has 0 radical (unpaired) electrons. The van der Waals surface area contributed by atoms with Crippen molar-refractivity contribution in [2.24, 2.45) is 0 Å². The van der Waals surface area contributed by atoms with Crippen LogP contribution in [0.4, 0.5) is 0 Å². The lowest BCUT2D eigenvalue weighted by molar-refractivity contribution is -0.121. The number of piperidine rings is 1. The number of methoxy groups -OCH3 is 2. The number of halogens is 1. The van der Waals surface area contributed by atoms with E-state index < -0.39 is 9.84 Å². The van der Waals surface area contributed by atoms with E-state index in [9.17, 15) is 13.2 Å². The molecule has 1 aliphatic heterocycles. The lowest BCUT2D eigenvalue weighted by Crippen LogP contribution is -2.52. The fourth-order valence-electron chi connectivity index (χ4n) is 2.88. The summed E-state index contributed by atoms with van der Waals surface area (Å²) in [5.74, 6) is 0.306. The molecule has 0 aromatic heterocycles. The van der Waals surface area contributed by atoms with Gasteiger partial charge in [-0.2, -0.15) is 0 Å². The van der Waals surface area contributed by atoms with Crippen molar-refractivity contribution in [2.45, 2.75) is 43.2 Å². The summed E-state index contributed by atoms with van der Waals surface area (Å²) in [7, 11) is -0.650. The molecule has 1 saturated heterocycles. The lowest BCUT2D eigenvalue weighted by Gasteiger charge is -2.30. The second kappa shape index (κ2) is 9.99. The molecule has 1 heterocycles. The molecule has 9 heteroatoms. The van der Waals surface area contributed by atoms with Gasteiger partial charge in [0.05, 0.1) is 24.9 Å². The Balaban J connectivity index is 0.00000338. The average Bonchev–Trinajstić information content (AvgIpc) is 2.61. The number of hydrogen-bond donors (Lipinski definition) is 2. The van der Waals surface area contributed by atoms with Gasteiger partial charge in [0.1, 0.15) is 0 Å². The van der Waals surface area contributed by atoms with Crippen molar-refractivity contribution in [3.63, 3.8) is 0 Å². The van der Waals surface area contributed by atoms with Gasteiger partial charge in [-0.05, 0) is 38.4 Å². The van der Waals surface area contributed by atoms with E-state index in [2.05, 4.69) is 10.6 Å². The molecule has 2 N–H and O–H groups in total. The van der Waals surface area contributed by atoms with E-state index in [0.29, 0.717) is 11.5 Å². The molecule has 2 atom stereocenters. The second-order valence-electron chi connectivity index (χ2n) is 6.14. The minimum Gasteiger partial charge on any atom is -0.493 e. The fourth-order valence-corrected chi connectivity index (χ4v) is 4.13. The largest absolute Gasteiger partial charge is 0.493 e. The molecule has 1 aliphatic rings. The summed E-state index contributed by atoms with van der Waals surface area (Å²) in [6.07, 6.45) is 1.83. The van der Waals surface area contributed by atoms with Crippen LogP contribution >= 0.6 is 12.4 Å². The molecule has 1 amide bonds. The molecule has 2 rings (SSSR count). The Morgan fingerprint density at radius 3 is 2.58 bits per heavy atom. The number of carbonyl (C=O) groups is 1. The molecule has 7 nitrogen and oxygen atoms in total. The third-order valence-electron chi connectivity index (χ3n) is 4.42. The summed E-state index contributed by atoms with van der Waals surface area (Å²) in [6.45, 7) is 2.96. The van der Waals surface area contributed by atoms with E-state index in [1.54, 1.807) is 6.07 Å². The van der Waals surface area contributed by atoms with Gasteiger partial charge in [-0.25, -0.2) is 8.42 Å². The predicted octanol–water partition coefficient (Wildman–Crippen LogP) is 1.55. The summed E-state index contributed by atoms with van der Waals surface area (Å²) in [5, 5.41) is 6.22. The number of hydrogen-bond acceptors (Lipinski definition) is 6. The van der Waals surface area contributed by atoms with Crippen LogP contribution in [0.2, 0.25) is 0 Å². The molecule has 26 heavy (non-hydrogen) atoms. The van der Waals surface area contributed by atoms with Gasteiger partial charge in [0.2, 0.25) is 5.91 Å². The predicted molar refractivity (Wildman–Crippen MR) is 102 cm³/mol. The summed E-state index contributed by atoms with van der Waals surface area (Å²) in [5.41, 5.74) is 0. The van der Waals surface area contributed by atoms with Crippen LogP contribution in [-0.4, -0.2) is 52.9 Å². The number of ether oxygens (including phenoxy) is 2. The summed E-state index contributed by atoms with van der Waals surface area (Å²) in [4.78, 5) is 12.2. The molecule has 1 aromatic rings. The van der Waals surface area contributed by atoms with Crippen molar-refractivity contribution >= 4 is 28.2 Å². The Morgan fingerprint density at radius 1 is 1.27 bits per heavy atom. The van der Waals surface area contributed by atoms with Crippen LogP contribution in [0.5, 0.6) is 11.5 Å². The van der Waals surface area contributed by atoms with Crippen LogP contribution in [0.25, 0.3) is 0 Å². The van der Waals surface area contributed by atoms with Crippen molar-refractivity contribution in [1.29, 1.82) is 0 Å². The van der Waals surface area contributed by atoms with E-state index in [1.807, 2.05) is 6.92 Å². The summed E-state index contributed by atoms with van der Waals surface area (Å²) < 4.78 is 35.2. The molecule has 0 aliphatic carbocycles. The van der Waals surface area contributed by atoms with E-state index in [0.717, 1.165) is 19.4 Å². The van der Waals surface area contributed by atoms with Crippen LogP contribution in [-0.2, 0) is 14.6 Å². The van der Waals surface area contributed by atoms with Crippen LogP contribution < -0.4 is 20.1 Å². The van der Waals surface area contributed by atoms with E-state index in [4.69, 9.17) is 9.47 Å². The van der Waals surface area contributed by atoms with Crippen LogP contribution in [0.15, 0.2) is 23.1 Å². The van der Waals surface area contributed by atoms with Gasteiger partial charge in [0, 0.05) is 24.6 Å². The zero-order valence-corrected chi connectivity index (χ0v) is 16.9. The first-order valence-corrected chi connectivity index (χ1v) is 10.00. The summed E-state index contributed by atoms with van der Waals surface area (Å²) in [6, 6.07) is 4.66. The number of rotatable bonds is 7. The van der Waals surface area contributed by atoms with Gasteiger partial charge in [0.15, 0.2) is 21.3 Å². The maximum atomic E-state index is 12.5. The van der Waals surface area contributed by atoms with Crippen LogP contribution in [0.1, 0.15) is 26.2 Å². The SMILES string of the molecule is COc1ccc(S(=O)(=O)CCC(=O)NC2CCCNC2C)cc1OC.Cl.